The number of carbonyl (C=O) groups excluding carboxylic acids is 1. The molecule has 1 nitrogen and oxygen atoms in total. The maximum Gasteiger partial charge on any atom is 0.163 e. The monoisotopic (exact) mass is 258 g/mol. The minimum atomic E-state index is 0.331. The number of hydrogen-bond acceptors (Lipinski definition) is 1. The second kappa shape index (κ2) is 7.47. The van der Waals surface area contributed by atoms with Crippen LogP contribution in [-0.4, -0.2) is 5.78 Å². The first kappa shape index (κ1) is 14.3. The van der Waals surface area contributed by atoms with E-state index in [2.05, 4.69) is 6.92 Å². The molecule has 1 aliphatic rings. The van der Waals surface area contributed by atoms with Crippen LogP contribution in [-0.2, 0) is 0 Å². The lowest BCUT2D eigenvalue weighted by molar-refractivity contribution is 0.0942. The minimum Gasteiger partial charge on any atom is -0.294 e. The Hall–Kier alpha value is -1.11. The molecule has 19 heavy (non-hydrogen) atoms. The molecular formula is C18H26O. The van der Waals surface area contributed by atoms with Crippen LogP contribution in [0.25, 0.3) is 0 Å². The van der Waals surface area contributed by atoms with Gasteiger partial charge in [-0.1, -0.05) is 69.4 Å². The summed E-state index contributed by atoms with van der Waals surface area (Å²) in [5.41, 5.74) is 0.885. The van der Waals surface area contributed by atoms with Gasteiger partial charge in [-0.3, -0.25) is 4.79 Å². The number of benzene rings is 1. The van der Waals surface area contributed by atoms with Crippen molar-refractivity contribution in [3.8, 4) is 0 Å². The summed E-state index contributed by atoms with van der Waals surface area (Å²) in [6.45, 7) is 2.27. The average Bonchev–Trinajstić information content (AvgIpc) is 2.47. The number of ketones is 1. The molecule has 0 aromatic heterocycles. The summed E-state index contributed by atoms with van der Waals surface area (Å²) in [6, 6.07) is 9.75. The fraction of sp³-hybridized carbons (Fsp3) is 0.611. The van der Waals surface area contributed by atoms with Gasteiger partial charge in [0.25, 0.3) is 0 Å². The molecule has 1 aliphatic carbocycles. The maximum atomic E-state index is 12.2. The van der Waals surface area contributed by atoms with Gasteiger partial charge < -0.3 is 0 Å². The van der Waals surface area contributed by atoms with Crippen molar-refractivity contribution in [2.45, 2.75) is 58.3 Å². The van der Waals surface area contributed by atoms with Gasteiger partial charge in [0.15, 0.2) is 5.78 Å². The van der Waals surface area contributed by atoms with E-state index in [1.54, 1.807) is 0 Å². The molecule has 0 N–H and O–H groups in total. The van der Waals surface area contributed by atoms with Crippen molar-refractivity contribution in [3.05, 3.63) is 35.9 Å². The third-order valence-corrected chi connectivity index (χ3v) is 4.50. The Bertz CT molecular complexity index is 374. The first-order valence-corrected chi connectivity index (χ1v) is 7.87. The van der Waals surface area contributed by atoms with E-state index < -0.39 is 0 Å². The summed E-state index contributed by atoms with van der Waals surface area (Å²) in [5, 5.41) is 0. The topological polar surface area (TPSA) is 17.1 Å². The SMILES string of the molecule is CCCCC1CCC(CC(=O)c2ccccc2)CC1. The Morgan fingerprint density at radius 1 is 1.05 bits per heavy atom. The molecule has 2 rings (SSSR count). The lowest BCUT2D eigenvalue weighted by atomic mass is 9.77. The average molecular weight is 258 g/mol. The molecule has 104 valence electrons. The minimum absolute atomic E-state index is 0.331. The van der Waals surface area contributed by atoms with E-state index in [4.69, 9.17) is 0 Å². The smallest absolute Gasteiger partial charge is 0.163 e. The molecular weight excluding hydrogens is 232 g/mol. The molecule has 0 heterocycles. The maximum absolute atomic E-state index is 12.2. The lowest BCUT2D eigenvalue weighted by Crippen LogP contribution is -2.17. The molecule has 1 saturated carbocycles. The molecule has 0 saturated heterocycles. The van der Waals surface area contributed by atoms with Crippen molar-refractivity contribution in [2.75, 3.05) is 0 Å². The van der Waals surface area contributed by atoms with Crippen LogP contribution in [0.2, 0.25) is 0 Å². The summed E-state index contributed by atoms with van der Waals surface area (Å²) in [7, 11) is 0. The zero-order valence-electron chi connectivity index (χ0n) is 12.1. The summed E-state index contributed by atoms with van der Waals surface area (Å²) in [4.78, 5) is 12.2. The third kappa shape index (κ3) is 4.49. The highest BCUT2D eigenvalue weighted by Crippen LogP contribution is 2.34. The molecule has 0 bridgehead atoms. The molecule has 0 spiro atoms. The van der Waals surface area contributed by atoms with Crippen molar-refractivity contribution >= 4 is 5.78 Å². The van der Waals surface area contributed by atoms with Gasteiger partial charge in [0.1, 0.15) is 0 Å². The van der Waals surface area contributed by atoms with E-state index in [1.165, 1.54) is 44.9 Å². The number of Topliss-reactive ketones (excluding diaryl/α,β-unsaturated/α-hetero) is 1. The van der Waals surface area contributed by atoms with Crippen LogP contribution in [0.1, 0.15) is 68.6 Å². The predicted molar refractivity (Wildman–Crippen MR) is 80.4 cm³/mol. The van der Waals surface area contributed by atoms with E-state index in [9.17, 15) is 4.79 Å². The van der Waals surface area contributed by atoms with Gasteiger partial charge in [-0.25, -0.2) is 0 Å². The van der Waals surface area contributed by atoms with Gasteiger partial charge in [0.2, 0.25) is 0 Å². The lowest BCUT2D eigenvalue weighted by Gasteiger charge is -2.28. The fourth-order valence-electron chi connectivity index (χ4n) is 3.22. The Kier molecular flexibility index (Phi) is 5.62. The van der Waals surface area contributed by atoms with Crippen molar-refractivity contribution in [3.63, 3.8) is 0 Å². The van der Waals surface area contributed by atoms with Crippen LogP contribution < -0.4 is 0 Å². The van der Waals surface area contributed by atoms with Crippen LogP contribution in [0.3, 0.4) is 0 Å². The second-order valence-corrected chi connectivity index (χ2v) is 6.02. The summed E-state index contributed by atoms with van der Waals surface area (Å²) in [5.74, 6) is 1.89. The molecule has 1 heteroatoms. The van der Waals surface area contributed by atoms with E-state index in [0.717, 1.165) is 17.9 Å². The van der Waals surface area contributed by atoms with Crippen molar-refractivity contribution in [1.82, 2.24) is 0 Å². The van der Waals surface area contributed by atoms with E-state index in [-0.39, 0.29) is 0 Å². The van der Waals surface area contributed by atoms with Gasteiger partial charge in [-0.2, -0.15) is 0 Å². The zero-order chi connectivity index (χ0) is 13.5. The van der Waals surface area contributed by atoms with Crippen LogP contribution in [0, 0.1) is 11.8 Å². The Balaban J connectivity index is 1.75. The van der Waals surface area contributed by atoms with Crippen LogP contribution >= 0.6 is 0 Å². The standard InChI is InChI=1S/C18H26O/c1-2-3-7-15-10-12-16(13-11-15)14-18(19)17-8-5-4-6-9-17/h4-6,8-9,15-16H,2-3,7,10-14H2,1H3. The van der Waals surface area contributed by atoms with E-state index in [1.807, 2.05) is 30.3 Å². The van der Waals surface area contributed by atoms with E-state index in [0.29, 0.717) is 11.7 Å². The fourth-order valence-corrected chi connectivity index (χ4v) is 3.22. The molecule has 1 fully saturated rings. The molecule has 1 aromatic carbocycles. The Morgan fingerprint density at radius 2 is 1.68 bits per heavy atom. The van der Waals surface area contributed by atoms with Crippen LogP contribution in [0.4, 0.5) is 0 Å². The summed E-state index contributed by atoms with van der Waals surface area (Å²) in [6.07, 6.45) is 10.0. The third-order valence-electron chi connectivity index (χ3n) is 4.50. The molecule has 1 aromatic rings. The summed E-state index contributed by atoms with van der Waals surface area (Å²) < 4.78 is 0. The van der Waals surface area contributed by atoms with Gasteiger partial charge >= 0.3 is 0 Å². The van der Waals surface area contributed by atoms with Crippen molar-refractivity contribution < 1.29 is 4.79 Å². The molecule has 0 radical (unpaired) electrons. The number of rotatable bonds is 6. The number of unbranched alkanes of at least 4 members (excludes halogenated alkanes) is 1. The summed E-state index contributed by atoms with van der Waals surface area (Å²) >= 11 is 0. The van der Waals surface area contributed by atoms with Crippen molar-refractivity contribution in [2.24, 2.45) is 11.8 Å². The molecule has 0 amide bonds. The quantitative estimate of drug-likeness (QED) is 0.636. The van der Waals surface area contributed by atoms with Crippen molar-refractivity contribution in [1.29, 1.82) is 0 Å². The molecule has 0 aliphatic heterocycles. The van der Waals surface area contributed by atoms with Gasteiger partial charge in [0, 0.05) is 12.0 Å². The molecule has 0 atom stereocenters. The highest BCUT2D eigenvalue weighted by atomic mass is 16.1. The Labute approximate surface area is 117 Å². The van der Waals surface area contributed by atoms with Crippen LogP contribution in [0.15, 0.2) is 30.3 Å². The van der Waals surface area contributed by atoms with E-state index >= 15 is 0 Å². The van der Waals surface area contributed by atoms with Gasteiger partial charge in [0.05, 0.1) is 0 Å². The Morgan fingerprint density at radius 3 is 2.32 bits per heavy atom. The first-order chi connectivity index (χ1) is 9.29. The largest absolute Gasteiger partial charge is 0.294 e. The number of carbonyl (C=O) groups is 1. The molecule has 0 unspecified atom stereocenters. The predicted octanol–water partition coefficient (Wildman–Crippen LogP) is 5.26. The first-order valence-electron chi connectivity index (χ1n) is 7.87. The number of hydrogen-bond donors (Lipinski definition) is 0. The van der Waals surface area contributed by atoms with Crippen LogP contribution in [0.5, 0.6) is 0 Å². The second-order valence-electron chi connectivity index (χ2n) is 6.02. The highest BCUT2D eigenvalue weighted by Gasteiger charge is 2.22. The van der Waals surface area contributed by atoms with Gasteiger partial charge in [-0.05, 0) is 24.7 Å². The zero-order valence-corrected chi connectivity index (χ0v) is 12.1. The normalized spacial score (nSPS) is 23.2. The highest BCUT2D eigenvalue weighted by molar-refractivity contribution is 5.96. The van der Waals surface area contributed by atoms with Gasteiger partial charge in [-0.15, -0.1) is 0 Å².